The molecule has 0 aromatic carbocycles. The van der Waals surface area contributed by atoms with Crippen molar-refractivity contribution in [3.05, 3.63) is 29.8 Å². The van der Waals surface area contributed by atoms with E-state index in [1.54, 1.807) is 0 Å². The number of nitrogens with zero attached hydrogens (tertiary/aromatic N) is 2. The summed E-state index contributed by atoms with van der Waals surface area (Å²) in [4.78, 5) is 17.8. The molecule has 1 unspecified atom stereocenters. The van der Waals surface area contributed by atoms with Crippen LogP contribution in [-0.2, 0) is 0 Å². The number of rotatable bonds is 3. The summed E-state index contributed by atoms with van der Waals surface area (Å²) < 4.78 is 12.7. The summed E-state index contributed by atoms with van der Waals surface area (Å²) in [5.74, 6) is -0.725. The lowest BCUT2D eigenvalue weighted by atomic mass is 10.2. The summed E-state index contributed by atoms with van der Waals surface area (Å²) in [7, 11) is 0. The minimum Gasteiger partial charge on any atom is -0.348 e. The highest BCUT2D eigenvalue weighted by molar-refractivity contribution is 5.94. The predicted octanol–water partition coefficient (Wildman–Crippen LogP) is 1.19. The van der Waals surface area contributed by atoms with E-state index in [-0.39, 0.29) is 11.9 Å². The van der Waals surface area contributed by atoms with Crippen LogP contribution in [0.3, 0.4) is 0 Å². The Kier molecular flexibility index (Phi) is 2.99. The number of likely N-dealkylation sites (tertiary alicyclic amines) is 1. The van der Waals surface area contributed by atoms with Crippen molar-refractivity contribution in [1.29, 1.82) is 0 Å². The minimum atomic E-state index is -0.563. The van der Waals surface area contributed by atoms with E-state index in [4.69, 9.17) is 0 Å². The average molecular weight is 249 g/mol. The monoisotopic (exact) mass is 249 g/mol. The molecular formula is C13H16FN3O. The molecule has 5 heteroatoms. The molecule has 1 amide bonds. The number of halogens is 1. The summed E-state index contributed by atoms with van der Waals surface area (Å²) in [6, 6.07) is 3.63. The smallest absolute Gasteiger partial charge is 0.253 e. The summed E-state index contributed by atoms with van der Waals surface area (Å²) in [5.41, 5.74) is 0.418. The maximum absolute atomic E-state index is 12.7. The normalized spacial score (nSPS) is 24.2. The maximum atomic E-state index is 12.7. The van der Waals surface area contributed by atoms with Crippen LogP contribution in [-0.4, -0.2) is 41.0 Å². The van der Waals surface area contributed by atoms with Gasteiger partial charge in [0.05, 0.1) is 5.56 Å². The van der Waals surface area contributed by atoms with E-state index in [9.17, 15) is 9.18 Å². The van der Waals surface area contributed by atoms with E-state index < -0.39 is 5.95 Å². The van der Waals surface area contributed by atoms with Crippen molar-refractivity contribution in [3.8, 4) is 0 Å². The molecular weight excluding hydrogens is 233 g/mol. The Morgan fingerprint density at radius 1 is 1.39 bits per heavy atom. The molecule has 2 fully saturated rings. The van der Waals surface area contributed by atoms with Gasteiger partial charge in [0.1, 0.15) is 0 Å². The number of carbonyl (C=O) groups excluding carboxylic acids is 1. The number of hydrogen-bond acceptors (Lipinski definition) is 3. The van der Waals surface area contributed by atoms with Crippen LogP contribution in [0.25, 0.3) is 0 Å². The van der Waals surface area contributed by atoms with E-state index in [0.29, 0.717) is 5.56 Å². The van der Waals surface area contributed by atoms with Crippen LogP contribution in [0.1, 0.15) is 29.6 Å². The Balaban J connectivity index is 1.56. The molecule has 3 rings (SSSR count). The molecule has 1 aromatic heterocycles. The molecule has 2 heterocycles. The Labute approximate surface area is 105 Å². The zero-order chi connectivity index (χ0) is 12.5. The van der Waals surface area contributed by atoms with Gasteiger partial charge in [-0.3, -0.25) is 9.69 Å². The summed E-state index contributed by atoms with van der Waals surface area (Å²) in [6.07, 6.45) is 4.86. The molecule has 0 bridgehead atoms. The molecule has 0 spiro atoms. The lowest BCUT2D eigenvalue weighted by Crippen LogP contribution is -2.37. The largest absolute Gasteiger partial charge is 0.348 e. The molecule has 2 aliphatic rings. The number of pyridine rings is 1. The molecule has 0 radical (unpaired) electrons. The first-order chi connectivity index (χ1) is 8.72. The first kappa shape index (κ1) is 11.6. The standard InChI is InChI=1S/C13H16FN3O/c14-12-4-1-9(7-15-12)13(18)16-10-5-6-17(8-10)11-2-3-11/h1,4,7,10-11H,2-3,5-6,8H2,(H,16,18). The maximum Gasteiger partial charge on any atom is 0.253 e. The molecule has 18 heavy (non-hydrogen) atoms. The third-order valence-corrected chi connectivity index (χ3v) is 3.61. The molecule has 1 N–H and O–H groups in total. The lowest BCUT2D eigenvalue weighted by Gasteiger charge is -2.15. The van der Waals surface area contributed by atoms with E-state index in [1.165, 1.54) is 31.2 Å². The SMILES string of the molecule is O=C(NC1CCN(C2CC2)C1)c1ccc(F)nc1. The summed E-state index contributed by atoms with van der Waals surface area (Å²) in [6.45, 7) is 2.00. The van der Waals surface area contributed by atoms with Crippen molar-refractivity contribution in [2.75, 3.05) is 13.1 Å². The Morgan fingerprint density at radius 3 is 2.89 bits per heavy atom. The van der Waals surface area contributed by atoms with Crippen LogP contribution in [0.15, 0.2) is 18.3 Å². The van der Waals surface area contributed by atoms with Crippen LogP contribution >= 0.6 is 0 Å². The third kappa shape index (κ3) is 2.51. The van der Waals surface area contributed by atoms with Crippen LogP contribution in [0.5, 0.6) is 0 Å². The van der Waals surface area contributed by atoms with E-state index in [1.807, 2.05) is 0 Å². The molecule has 1 saturated carbocycles. The summed E-state index contributed by atoms with van der Waals surface area (Å²) >= 11 is 0. The van der Waals surface area contributed by atoms with Gasteiger partial charge in [-0.05, 0) is 31.4 Å². The fourth-order valence-electron chi connectivity index (χ4n) is 2.46. The molecule has 1 aliphatic carbocycles. The molecule has 1 atom stereocenters. The van der Waals surface area contributed by atoms with Crippen LogP contribution in [0.4, 0.5) is 4.39 Å². The lowest BCUT2D eigenvalue weighted by molar-refractivity contribution is 0.0937. The van der Waals surface area contributed by atoms with Gasteiger partial charge >= 0.3 is 0 Å². The Morgan fingerprint density at radius 2 is 2.22 bits per heavy atom. The summed E-state index contributed by atoms with van der Waals surface area (Å²) in [5, 5.41) is 2.98. The van der Waals surface area contributed by atoms with Gasteiger partial charge in [-0.2, -0.15) is 4.39 Å². The second-order valence-electron chi connectivity index (χ2n) is 5.05. The van der Waals surface area contributed by atoms with E-state index in [0.717, 1.165) is 25.6 Å². The van der Waals surface area contributed by atoms with Crippen molar-refractivity contribution >= 4 is 5.91 Å². The Hall–Kier alpha value is -1.49. The van der Waals surface area contributed by atoms with Gasteiger partial charge < -0.3 is 5.32 Å². The molecule has 1 aliphatic heterocycles. The van der Waals surface area contributed by atoms with E-state index >= 15 is 0 Å². The van der Waals surface area contributed by atoms with Crippen LogP contribution < -0.4 is 5.32 Å². The second-order valence-corrected chi connectivity index (χ2v) is 5.05. The fraction of sp³-hybridized carbons (Fsp3) is 0.538. The second kappa shape index (κ2) is 4.65. The average Bonchev–Trinajstić information content (AvgIpc) is 3.11. The number of aromatic nitrogens is 1. The number of nitrogens with one attached hydrogen (secondary N) is 1. The molecule has 4 nitrogen and oxygen atoms in total. The number of amides is 1. The van der Waals surface area contributed by atoms with Crippen molar-refractivity contribution in [3.63, 3.8) is 0 Å². The highest BCUT2D eigenvalue weighted by atomic mass is 19.1. The highest BCUT2D eigenvalue weighted by Crippen LogP contribution is 2.29. The zero-order valence-electron chi connectivity index (χ0n) is 10.1. The predicted molar refractivity (Wildman–Crippen MR) is 64.7 cm³/mol. The van der Waals surface area contributed by atoms with Gasteiger partial charge in [-0.1, -0.05) is 0 Å². The number of hydrogen-bond donors (Lipinski definition) is 1. The van der Waals surface area contributed by atoms with Crippen molar-refractivity contribution in [2.45, 2.75) is 31.3 Å². The molecule has 1 aromatic rings. The van der Waals surface area contributed by atoms with Gasteiger partial charge in [0, 0.05) is 31.4 Å². The minimum absolute atomic E-state index is 0.162. The number of carbonyl (C=O) groups is 1. The van der Waals surface area contributed by atoms with Crippen molar-refractivity contribution < 1.29 is 9.18 Å². The molecule has 1 saturated heterocycles. The van der Waals surface area contributed by atoms with Crippen LogP contribution in [0.2, 0.25) is 0 Å². The van der Waals surface area contributed by atoms with Gasteiger partial charge in [0.15, 0.2) is 0 Å². The highest BCUT2D eigenvalue weighted by Gasteiger charge is 2.34. The fourth-order valence-corrected chi connectivity index (χ4v) is 2.46. The van der Waals surface area contributed by atoms with E-state index in [2.05, 4.69) is 15.2 Å². The third-order valence-electron chi connectivity index (χ3n) is 3.61. The van der Waals surface area contributed by atoms with Gasteiger partial charge in [-0.15, -0.1) is 0 Å². The first-order valence-corrected chi connectivity index (χ1v) is 6.39. The molecule has 96 valence electrons. The topological polar surface area (TPSA) is 45.2 Å². The van der Waals surface area contributed by atoms with Gasteiger partial charge in [-0.25, -0.2) is 4.98 Å². The van der Waals surface area contributed by atoms with Crippen molar-refractivity contribution in [2.24, 2.45) is 0 Å². The first-order valence-electron chi connectivity index (χ1n) is 6.39. The quantitative estimate of drug-likeness (QED) is 0.818. The van der Waals surface area contributed by atoms with Gasteiger partial charge in [0.25, 0.3) is 5.91 Å². The Bertz CT molecular complexity index is 444. The van der Waals surface area contributed by atoms with Gasteiger partial charge in [0.2, 0.25) is 5.95 Å². The zero-order valence-corrected chi connectivity index (χ0v) is 10.1. The van der Waals surface area contributed by atoms with Crippen molar-refractivity contribution in [1.82, 2.24) is 15.2 Å². The van der Waals surface area contributed by atoms with Crippen LogP contribution in [0, 0.1) is 5.95 Å².